The van der Waals surface area contributed by atoms with Gasteiger partial charge in [-0.25, -0.2) is 14.4 Å². The molecule has 0 saturated carbocycles. The van der Waals surface area contributed by atoms with E-state index in [1.165, 1.54) is 7.11 Å². The summed E-state index contributed by atoms with van der Waals surface area (Å²) in [7, 11) is 1.29. The quantitative estimate of drug-likeness (QED) is 0.159. The molecule has 0 aliphatic heterocycles. The van der Waals surface area contributed by atoms with Crippen LogP contribution in [0.3, 0.4) is 0 Å². The minimum atomic E-state index is -0.843. The highest BCUT2D eigenvalue weighted by Crippen LogP contribution is 2.24. The van der Waals surface area contributed by atoms with E-state index in [1.807, 2.05) is 66.7 Å². The third-order valence-electron chi connectivity index (χ3n) is 5.85. The molecule has 3 rings (SSSR count). The normalized spacial score (nSPS) is 11.5. The zero-order chi connectivity index (χ0) is 29.0. The second-order valence-corrected chi connectivity index (χ2v) is 10.1. The SMILES string of the molecule is COC(=O)[C@H](CCc1ccc(C#CCCNC(=O)OCc2ccccc2)c2ccccc12)NC(=O)OC(C)(C)C. The van der Waals surface area contributed by atoms with Crippen LogP contribution in [0.1, 0.15) is 50.3 Å². The number of fused-ring (bicyclic) bond motifs is 1. The van der Waals surface area contributed by atoms with Crippen LogP contribution < -0.4 is 10.6 Å². The molecule has 1 atom stereocenters. The minimum absolute atomic E-state index is 0.216. The lowest BCUT2D eigenvalue weighted by Gasteiger charge is -2.22. The molecule has 0 aromatic heterocycles. The number of rotatable bonds is 9. The fraction of sp³-hybridized carbons (Fsp3) is 0.344. The maximum Gasteiger partial charge on any atom is 0.408 e. The predicted molar refractivity (Wildman–Crippen MR) is 154 cm³/mol. The highest BCUT2D eigenvalue weighted by atomic mass is 16.6. The molecule has 40 heavy (non-hydrogen) atoms. The molecule has 0 heterocycles. The number of benzene rings is 3. The van der Waals surface area contributed by atoms with Gasteiger partial charge in [0.1, 0.15) is 18.2 Å². The van der Waals surface area contributed by atoms with Gasteiger partial charge in [0.2, 0.25) is 0 Å². The molecule has 0 bridgehead atoms. The molecule has 0 fully saturated rings. The van der Waals surface area contributed by atoms with E-state index >= 15 is 0 Å². The standard InChI is InChI=1S/C32H36N2O6/c1-32(2,3)40-31(37)34-28(29(35)38-4)20-19-25-18-17-24(26-15-8-9-16-27(25)26)14-10-11-21-33-30(36)39-22-23-12-6-5-7-13-23/h5-9,12-13,15-18,28H,11,19-22H2,1-4H3,(H,33,36)(H,34,37)/t28-/m0/s1. The van der Waals surface area contributed by atoms with Crippen molar-refractivity contribution in [2.45, 2.75) is 58.3 Å². The van der Waals surface area contributed by atoms with Crippen molar-refractivity contribution in [2.24, 2.45) is 0 Å². The molecule has 0 aliphatic carbocycles. The average molecular weight is 545 g/mol. The van der Waals surface area contributed by atoms with Crippen molar-refractivity contribution >= 4 is 28.9 Å². The number of hydrogen-bond acceptors (Lipinski definition) is 6. The van der Waals surface area contributed by atoms with Crippen molar-refractivity contribution in [3.8, 4) is 11.8 Å². The van der Waals surface area contributed by atoms with E-state index in [1.54, 1.807) is 20.8 Å². The minimum Gasteiger partial charge on any atom is -0.467 e. The van der Waals surface area contributed by atoms with Crippen molar-refractivity contribution in [3.63, 3.8) is 0 Å². The smallest absolute Gasteiger partial charge is 0.408 e. The number of methoxy groups -OCH3 is 1. The lowest BCUT2D eigenvalue weighted by molar-refractivity contribution is -0.143. The van der Waals surface area contributed by atoms with Crippen LogP contribution >= 0.6 is 0 Å². The van der Waals surface area contributed by atoms with E-state index in [9.17, 15) is 14.4 Å². The van der Waals surface area contributed by atoms with Crippen molar-refractivity contribution in [3.05, 3.63) is 83.4 Å². The second-order valence-electron chi connectivity index (χ2n) is 10.1. The van der Waals surface area contributed by atoms with Crippen LogP contribution in [0, 0.1) is 11.8 Å². The first-order chi connectivity index (χ1) is 19.2. The molecule has 8 heteroatoms. The summed E-state index contributed by atoms with van der Waals surface area (Å²) in [4.78, 5) is 36.5. The first-order valence-electron chi connectivity index (χ1n) is 13.2. The zero-order valence-electron chi connectivity index (χ0n) is 23.4. The van der Waals surface area contributed by atoms with Crippen LogP contribution in [0.4, 0.5) is 9.59 Å². The number of nitrogens with one attached hydrogen (secondary N) is 2. The summed E-state index contributed by atoms with van der Waals surface area (Å²) in [5, 5.41) is 7.33. The molecule has 0 aliphatic rings. The van der Waals surface area contributed by atoms with E-state index in [0.717, 1.165) is 27.5 Å². The van der Waals surface area contributed by atoms with Crippen molar-refractivity contribution in [1.82, 2.24) is 10.6 Å². The van der Waals surface area contributed by atoms with Gasteiger partial charge in [0, 0.05) is 18.5 Å². The highest BCUT2D eigenvalue weighted by molar-refractivity contribution is 5.91. The first kappa shape index (κ1) is 30.0. The number of amides is 2. The molecule has 3 aromatic carbocycles. The van der Waals surface area contributed by atoms with Gasteiger partial charge in [0.25, 0.3) is 0 Å². The molecule has 0 spiro atoms. The van der Waals surface area contributed by atoms with Gasteiger partial charge >= 0.3 is 18.2 Å². The summed E-state index contributed by atoms with van der Waals surface area (Å²) in [5.74, 6) is 5.78. The first-order valence-corrected chi connectivity index (χ1v) is 13.2. The molecule has 0 radical (unpaired) electrons. The Labute approximate surface area is 235 Å². The fourth-order valence-corrected chi connectivity index (χ4v) is 3.99. The summed E-state index contributed by atoms with van der Waals surface area (Å²) in [5.41, 5.74) is 2.12. The Hall–Kier alpha value is -4.51. The molecule has 210 valence electrons. The number of hydrogen-bond donors (Lipinski definition) is 2. The lowest BCUT2D eigenvalue weighted by Crippen LogP contribution is -2.44. The van der Waals surface area contributed by atoms with Gasteiger partial charge in [-0.1, -0.05) is 72.5 Å². The monoisotopic (exact) mass is 544 g/mol. The topological polar surface area (TPSA) is 103 Å². The Balaban J connectivity index is 1.59. The van der Waals surface area contributed by atoms with Gasteiger partial charge < -0.3 is 24.8 Å². The lowest BCUT2D eigenvalue weighted by atomic mass is 9.95. The number of aryl methyl sites for hydroxylation is 1. The number of ether oxygens (including phenoxy) is 3. The summed E-state index contributed by atoms with van der Waals surface area (Å²) in [6.07, 6.45) is 0.184. The number of carbonyl (C=O) groups excluding carboxylic acids is 3. The van der Waals surface area contributed by atoms with E-state index in [0.29, 0.717) is 25.8 Å². The molecule has 0 saturated heterocycles. The Morgan fingerprint density at radius 1 is 0.900 bits per heavy atom. The number of esters is 1. The maximum atomic E-state index is 12.3. The number of carbonyl (C=O) groups is 3. The molecule has 0 unspecified atom stereocenters. The highest BCUT2D eigenvalue weighted by Gasteiger charge is 2.25. The molecule has 8 nitrogen and oxygen atoms in total. The molecular formula is C32H36N2O6. The number of alkyl carbamates (subject to hydrolysis) is 2. The Morgan fingerprint density at radius 3 is 2.30 bits per heavy atom. The zero-order valence-corrected chi connectivity index (χ0v) is 23.4. The fourth-order valence-electron chi connectivity index (χ4n) is 3.99. The van der Waals surface area contributed by atoms with Crippen molar-refractivity contribution in [2.75, 3.05) is 13.7 Å². The van der Waals surface area contributed by atoms with Crippen LogP contribution in [0.2, 0.25) is 0 Å². The van der Waals surface area contributed by atoms with Gasteiger partial charge in [-0.05, 0) is 61.6 Å². The third kappa shape index (κ3) is 9.66. The predicted octanol–water partition coefficient (Wildman–Crippen LogP) is 5.51. The van der Waals surface area contributed by atoms with Gasteiger partial charge in [-0.3, -0.25) is 0 Å². The van der Waals surface area contributed by atoms with E-state index in [4.69, 9.17) is 14.2 Å². The Bertz CT molecular complexity index is 1370. The van der Waals surface area contributed by atoms with Crippen LogP contribution in [0.15, 0.2) is 66.7 Å². The molecule has 2 N–H and O–H groups in total. The Kier molecular flexibility index (Phi) is 11.0. The van der Waals surface area contributed by atoms with Crippen LogP contribution in [0.25, 0.3) is 10.8 Å². The van der Waals surface area contributed by atoms with Crippen molar-refractivity contribution < 1.29 is 28.6 Å². The van der Waals surface area contributed by atoms with Crippen LogP contribution in [0.5, 0.6) is 0 Å². The van der Waals surface area contributed by atoms with Crippen LogP contribution in [-0.4, -0.2) is 43.5 Å². The van der Waals surface area contributed by atoms with Gasteiger partial charge in [-0.15, -0.1) is 0 Å². The van der Waals surface area contributed by atoms with E-state index in [2.05, 4.69) is 22.5 Å². The van der Waals surface area contributed by atoms with Gasteiger partial charge in [-0.2, -0.15) is 0 Å². The summed E-state index contributed by atoms with van der Waals surface area (Å²) in [6.45, 7) is 5.86. The summed E-state index contributed by atoms with van der Waals surface area (Å²) in [6, 6.07) is 20.5. The average Bonchev–Trinajstić information content (AvgIpc) is 2.93. The van der Waals surface area contributed by atoms with E-state index < -0.39 is 29.8 Å². The molecular weight excluding hydrogens is 508 g/mol. The maximum absolute atomic E-state index is 12.3. The summed E-state index contributed by atoms with van der Waals surface area (Å²) < 4.78 is 15.4. The van der Waals surface area contributed by atoms with Crippen LogP contribution in [-0.2, 0) is 32.0 Å². The van der Waals surface area contributed by atoms with Gasteiger partial charge in [0.05, 0.1) is 7.11 Å². The Morgan fingerprint density at radius 2 is 1.60 bits per heavy atom. The second kappa shape index (κ2) is 14.6. The van der Waals surface area contributed by atoms with E-state index in [-0.39, 0.29) is 6.61 Å². The summed E-state index contributed by atoms with van der Waals surface area (Å²) >= 11 is 0. The van der Waals surface area contributed by atoms with Gasteiger partial charge in [0.15, 0.2) is 0 Å². The van der Waals surface area contributed by atoms with Crippen molar-refractivity contribution in [1.29, 1.82) is 0 Å². The largest absolute Gasteiger partial charge is 0.467 e. The molecule has 2 amide bonds. The molecule has 3 aromatic rings. The third-order valence-corrected chi connectivity index (χ3v) is 5.85.